The van der Waals surface area contributed by atoms with E-state index in [9.17, 15) is 14.7 Å². The van der Waals surface area contributed by atoms with Crippen LogP contribution in [0, 0.1) is 28.6 Å². The molecule has 8 unspecified atom stereocenters. The Morgan fingerprint density at radius 2 is 2.03 bits per heavy atom. The van der Waals surface area contributed by atoms with Gasteiger partial charge in [-0.15, -0.1) is 0 Å². The molecule has 6 heteroatoms. The highest BCUT2D eigenvalue weighted by Gasteiger charge is 2.58. The average Bonchev–Trinajstić information content (AvgIpc) is 3.42. The van der Waals surface area contributed by atoms with Crippen LogP contribution >= 0.6 is 0 Å². The molecule has 0 spiro atoms. The molecular formula is C30H41NO5. The van der Waals surface area contributed by atoms with E-state index < -0.39 is 0 Å². The van der Waals surface area contributed by atoms with Crippen LogP contribution in [0.15, 0.2) is 39.3 Å². The van der Waals surface area contributed by atoms with Crippen molar-refractivity contribution in [1.82, 2.24) is 4.90 Å². The summed E-state index contributed by atoms with van der Waals surface area (Å²) < 4.78 is 11.2. The molecule has 1 aromatic heterocycles. The largest absolute Gasteiger partial charge is 0.461 e. The maximum Gasteiger partial charge on any atom is 0.335 e. The zero-order valence-electron chi connectivity index (χ0n) is 21.8. The van der Waals surface area contributed by atoms with Crippen LogP contribution in [0.2, 0.25) is 0 Å². The lowest BCUT2D eigenvalue weighted by Gasteiger charge is -2.59. The van der Waals surface area contributed by atoms with Crippen LogP contribution in [0.3, 0.4) is 0 Å². The molecule has 36 heavy (non-hydrogen) atoms. The summed E-state index contributed by atoms with van der Waals surface area (Å²) >= 11 is 0. The Bertz CT molecular complexity index is 1070. The summed E-state index contributed by atoms with van der Waals surface area (Å²) in [6, 6.07) is 3.53. The number of allylic oxidation sites excluding steroid dienone is 2. The number of aliphatic hydroxyl groups excluding tert-OH is 1. The van der Waals surface area contributed by atoms with Gasteiger partial charge in [0.1, 0.15) is 6.10 Å². The molecule has 1 aliphatic heterocycles. The van der Waals surface area contributed by atoms with E-state index in [1.165, 1.54) is 25.7 Å². The normalized spacial score (nSPS) is 42.2. The Morgan fingerprint density at radius 1 is 1.17 bits per heavy atom. The van der Waals surface area contributed by atoms with Crippen molar-refractivity contribution in [3.63, 3.8) is 0 Å². The lowest BCUT2D eigenvalue weighted by molar-refractivity contribution is -0.158. The maximum atomic E-state index is 12.6. The Morgan fingerprint density at radius 3 is 2.78 bits per heavy atom. The van der Waals surface area contributed by atoms with Crippen LogP contribution < -0.4 is 5.63 Å². The number of carbonyl (C=O) groups is 1. The molecule has 0 amide bonds. The predicted molar refractivity (Wildman–Crippen MR) is 136 cm³/mol. The fraction of sp³-hybridized carbons (Fsp3) is 0.733. The summed E-state index contributed by atoms with van der Waals surface area (Å²) in [5, 5.41) is 9.73. The van der Waals surface area contributed by atoms with E-state index in [0.29, 0.717) is 42.2 Å². The van der Waals surface area contributed by atoms with Crippen LogP contribution in [-0.2, 0) is 9.53 Å². The first-order chi connectivity index (χ1) is 17.3. The molecule has 5 aliphatic rings. The highest BCUT2D eigenvalue weighted by atomic mass is 16.5. The van der Waals surface area contributed by atoms with E-state index in [4.69, 9.17) is 9.15 Å². The van der Waals surface area contributed by atoms with Crippen LogP contribution in [0.4, 0.5) is 0 Å². The maximum absolute atomic E-state index is 12.6. The third-order valence-corrected chi connectivity index (χ3v) is 11.0. The number of esters is 1. The van der Waals surface area contributed by atoms with Crippen LogP contribution in [0.25, 0.3) is 0 Å². The third-order valence-electron chi connectivity index (χ3n) is 11.0. The van der Waals surface area contributed by atoms with Gasteiger partial charge in [0.25, 0.3) is 0 Å². The van der Waals surface area contributed by atoms with Gasteiger partial charge in [0.15, 0.2) is 0 Å². The number of aliphatic hydroxyl groups is 1. The summed E-state index contributed by atoms with van der Waals surface area (Å²) in [5.41, 5.74) is 3.01. The smallest absolute Gasteiger partial charge is 0.335 e. The Labute approximate surface area is 214 Å². The molecule has 4 aliphatic carbocycles. The van der Waals surface area contributed by atoms with Gasteiger partial charge in [0.2, 0.25) is 0 Å². The first-order valence-electron chi connectivity index (χ1n) is 14.2. The monoisotopic (exact) mass is 495 g/mol. The number of carbonyl (C=O) groups excluding carboxylic acids is 1. The number of rotatable bonds is 4. The SMILES string of the molecule is CC12CCC3C(CCC4CC(OC(=O)CN5CCC(O)C5)CCC43C)C1=CCC2c1ccc(=O)oc1. The molecule has 0 radical (unpaired) electrons. The minimum atomic E-state index is -0.306. The number of hydrogen-bond donors (Lipinski definition) is 1. The molecule has 1 aromatic rings. The standard InChI is InChI=1S/C30H41NO5/c1-29-12-9-22(36-28(34)17-31-14-11-21(32)16-31)15-20(29)4-5-23-25-7-6-24(19-3-8-27(33)35-18-19)30(25,2)13-10-26(23)29/h3,7-8,18,20-24,26,32H,4-6,9-17H2,1-2H3. The summed E-state index contributed by atoms with van der Waals surface area (Å²) in [5.74, 6) is 2.23. The minimum absolute atomic E-state index is 0.0383. The third kappa shape index (κ3) is 4.09. The quantitative estimate of drug-likeness (QED) is 0.483. The molecule has 6 nitrogen and oxygen atoms in total. The van der Waals surface area contributed by atoms with E-state index in [2.05, 4.69) is 19.9 Å². The number of likely N-dealkylation sites (tertiary alicyclic amines) is 1. The van der Waals surface area contributed by atoms with Crippen molar-refractivity contribution in [2.45, 2.75) is 89.8 Å². The molecule has 3 saturated carbocycles. The molecular weight excluding hydrogens is 454 g/mol. The first kappa shape index (κ1) is 24.4. The summed E-state index contributed by atoms with van der Waals surface area (Å²) in [4.78, 5) is 26.1. The zero-order chi connectivity index (χ0) is 25.1. The van der Waals surface area contributed by atoms with Gasteiger partial charge in [-0.05, 0) is 104 Å². The van der Waals surface area contributed by atoms with Crippen LogP contribution in [0.1, 0.15) is 83.1 Å². The molecule has 4 fully saturated rings. The molecule has 196 valence electrons. The second kappa shape index (κ2) is 9.13. The Hall–Kier alpha value is -1.92. The van der Waals surface area contributed by atoms with Gasteiger partial charge in [-0.3, -0.25) is 9.69 Å². The van der Waals surface area contributed by atoms with Gasteiger partial charge < -0.3 is 14.3 Å². The number of nitrogens with zero attached hydrogens (tertiary/aromatic N) is 1. The van der Waals surface area contributed by atoms with Crippen molar-refractivity contribution in [1.29, 1.82) is 0 Å². The summed E-state index contributed by atoms with van der Waals surface area (Å²) in [6.45, 7) is 6.64. The second-order valence-electron chi connectivity index (χ2n) is 12.8. The van der Waals surface area contributed by atoms with Crippen LogP contribution in [-0.4, -0.2) is 47.8 Å². The number of hydrogen-bond acceptors (Lipinski definition) is 6. The summed E-state index contributed by atoms with van der Waals surface area (Å²) in [7, 11) is 0. The van der Waals surface area contributed by atoms with E-state index >= 15 is 0 Å². The van der Waals surface area contributed by atoms with Gasteiger partial charge in [-0.2, -0.15) is 0 Å². The molecule has 2 heterocycles. The summed E-state index contributed by atoms with van der Waals surface area (Å²) in [6.07, 6.45) is 13.7. The van der Waals surface area contributed by atoms with Crippen molar-refractivity contribution in [2.75, 3.05) is 19.6 Å². The van der Waals surface area contributed by atoms with Crippen molar-refractivity contribution < 1.29 is 19.1 Å². The fourth-order valence-electron chi connectivity index (χ4n) is 9.09. The minimum Gasteiger partial charge on any atom is -0.461 e. The molecule has 1 saturated heterocycles. The van der Waals surface area contributed by atoms with Gasteiger partial charge in [0, 0.05) is 19.2 Å². The zero-order valence-corrected chi connectivity index (χ0v) is 21.8. The lowest BCUT2D eigenvalue weighted by atomic mass is 9.46. The van der Waals surface area contributed by atoms with Crippen molar-refractivity contribution in [3.05, 3.63) is 46.0 Å². The van der Waals surface area contributed by atoms with Crippen LogP contribution in [0.5, 0.6) is 0 Å². The van der Waals surface area contributed by atoms with Gasteiger partial charge in [-0.25, -0.2) is 4.79 Å². The van der Waals surface area contributed by atoms with Crippen molar-refractivity contribution in [3.8, 4) is 0 Å². The van der Waals surface area contributed by atoms with Gasteiger partial charge in [-0.1, -0.05) is 25.5 Å². The van der Waals surface area contributed by atoms with E-state index in [1.807, 2.05) is 11.0 Å². The number of ether oxygens (including phenoxy) is 1. The highest BCUT2D eigenvalue weighted by Crippen LogP contribution is 2.67. The molecule has 1 N–H and O–H groups in total. The fourth-order valence-corrected chi connectivity index (χ4v) is 9.09. The number of fused-ring (bicyclic) bond motifs is 5. The van der Waals surface area contributed by atoms with E-state index in [0.717, 1.165) is 44.2 Å². The molecule has 6 rings (SSSR count). The van der Waals surface area contributed by atoms with Gasteiger partial charge >= 0.3 is 11.6 Å². The molecule has 0 aromatic carbocycles. The average molecular weight is 496 g/mol. The first-order valence-corrected chi connectivity index (χ1v) is 14.2. The Balaban J connectivity index is 1.11. The van der Waals surface area contributed by atoms with E-state index in [1.54, 1.807) is 17.9 Å². The molecule has 0 bridgehead atoms. The lowest BCUT2D eigenvalue weighted by Crippen LogP contribution is -2.52. The molecule has 8 atom stereocenters. The Kier molecular flexibility index (Phi) is 6.19. The number of β-amino-alcohol motifs (C(OH)–C–C–N with tert-alkyl or cyclic N) is 1. The second-order valence-corrected chi connectivity index (χ2v) is 12.8. The van der Waals surface area contributed by atoms with E-state index in [-0.39, 0.29) is 29.2 Å². The van der Waals surface area contributed by atoms with Crippen molar-refractivity contribution >= 4 is 5.97 Å². The van der Waals surface area contributed by atoms with Gasteiger partial charge in [0.05, 0.1) is 18.9 Å². The highest BCUT2D eigenvalue weighted by molar-refractivity contribution is 5.72. The topological polar surface area (TPSA) is 80.0 Å². The van der Waals surface area contributed by atoms with Crippen molar-refractivity contribution in [2.24, 2.45) is 28.6 Å². The predicted octanol–water partition coefficient (Wildman–Crippen LogP) is 4.66.